The molecule has 1 saturated heterocycles. The van der Waals surface area contributed by atoms with Crippen LogP contribution in [0, 0.1) is 6.92 Å². The predicted octanol–water partition coefficient (Wildman–Crippen LogP) is 5.02. The average molecular weight is 468 g/mol. The summed E-state index contributed by atoms with van der Waals surface area (Å²) in [7, 11) is -2.61. The molecule has 3 unspecified atom stereocenters. The molecule has 0 N–H and O–H groups in total. The van der Waals surface area contributed by atoms with E-state index in [2.05, 4.69) is 0 Å². The number of esters is 1. The number of benzene rings is 3. The van der Waals surface area contributed by atoms with E-state index in [0.717, 1.165) is 11.1 Å². The molecule has 0 aliphatic carbocycles. The zero-order valence-electron chi connectivity index (χ0n) is 17.6. The molecule has 1 aliphatic heterocycles. The number of carbonyl (C=O) groups excluding carboxylic acids is 1. The monoisotopic (exact) mass is 467 g/mol. The fourth-order valence-electron chi connectivity index (χ4n) is 3.78. The third-order valence-electron chi connectivity index (χ3n) is 5.44. The van der Waals surface area contributed by atoms with Gasteiger partial charge in [0, 0.05) is 5.02 Å². The van der Waals surface area contributed by atoms with Gasteiger partial charge in [-0.25, -0.2) is 13.2 Å². The van der Waals surface area contributed by atoms with Gasteiger partial charge >= 0.3 is 5.97 Å². The van der Waals surface area contributed by atoms with Gasteiger partial charge in [-0.15, -0.1) is 0 Å². The van der Waals surface area contributed by atoms with Crippen LogP contribution in [0.4, 0.5) is 0 Å². The van der Waals surface area contributed by atoms with E-state index in [-0.39, 0.29) is 10.5 Å². The summed E-state index contributed by atoms with van der Waals surface area (Å²) >= 11 is 6.43. The van der Waals surface area contributed by atoms with E-state index in [1.807, 2.05) is 37.3 Å². The smallest absolute Gasteiger partial charge is 0.335 e. The summed E-state index contributed by atoms with van der Waals surface area (Å²) in [5.74, 6) is -0.586. The zero-order valence-corrected chi connectivity index (χ0v) is 19.2. The number of sulfonamides is 1. The summed E-state index contributed by atoms with van der Waals surface area (Å²) in [6.45, 7) is 1.89. The van der Waals surface area contributed by atoms with E-state index in [4.69, 9.17) is 16.3 Å². The van der Waals surface area contributed by atoms with Crippen LogP contribution in [0.15, 0.2) is 89.3 Å². The third-order valence-corrected chi connectivity index (χ3v) is 7.66. The highest BCUT2D eigenvalue weighted by atomic mass is 35.5. The van der Waals surface area contributed by atoms with Crippen molar-refractivity contribution < 1.29 is 17.9 Å². The second kappa shape index (κ2) is 8.90. The summed E-state index contributed by atoms with van der Waals surface area (Å²) in [5.41, 5.74) is 2.61. The van der Waals surface area contributed by atoms with Gasteiger partial charge in [0.1, 0.15) is 0 Å². The van der Waals surface area contributed by atoms with Crippen LogP contribution in [0.3, 0.4) is 0 Å². The zero-order chi connectivity index (χ0) is 22.9. The Kier molecular flexibility index (Phi) is 6.20. The molecule has 0 amide bonds. The first-order valence-corrected chi connectivity index (χ1v) is 11.9. The number of hydrogen-bond donors (Lipinski definition) is 0. The number of aryl methyl sites for hydroxylation is 1. The molecule has 164 valence electrons. The molecular formula is C25H22ClNO4S. The number of halogens is 1. The molecule has 4 rings (SSSR count). The lowest BCUT2D eigenvalue weighted by Crippen LogP contribution is -2.19. The lowest BCUT2D eigenvalue weighted by atomic mass is 10.0. The summed E-state index contributed by atoms with van der Waals surface area (Å²) in [6.07, 6.45) is 1.67. The molecule has 3 aromatic rings. The number of nitrogens with zero attached hydrogens (tertiary/aromatic N) is 1. The molecule has 3 aromatic carbocycles. The Labute approximate surface area is 193 Å². The highest BCUT2D eigenvalue weighted by Gasteiger charge is 2.60. The van der Waals surface area contributed by atoms with Crippen molar-refractivity contribution in [1.29, 1.82) is 0 Å². The van der Waals surface area contributed by atoms with Gasteiger partial charge in [-0.1, -0.05) is 77.8 Å². The van der Waals surface area contributed by atoms with E-state index in [0.29, 0.717) is 10.6 Å². The fraction of sp³-hybridized carbons (Fsp3) is 0.160. The van der Waals surface area contributed by atoms with Crippen molar-refractivity contribution in [1.82, 2.24) is 4.31 Å². The minimum atomic E-state index is -3.90. The van der Waals surface area contributed by atoms with Crippen LogP contribution in [0.1, 0.15) is 22.7 Å². The van der Waals surface area contributed by atoms with Crippen LogP contribution in [0.5, 0.6) is 0 Å². The Morgan fingerprint density at radius 3 is 2.22 bits per heavy atom. The maximum Gasteiger partial charge on any atom is 0.335 e. The molecule has 0 bridgehead atoms. The van der Waals surface area contributed by atoms with E-state index >= 15 is 0 Å². The van der Waals surface area contributed by atoms with E-state index in [1.54, 1.807) is 54.6 Å². The first-order valence-electron chi connectivity index (χ1n) is 10.0. The van der Waals surface area contributed by atoms with Gasteiger partial charge in [-0.05, 0) is 42.3 Å². The highest BCUT2D eigenvalue weighted by molar-refractivity contribution is 7.89. The molecule has 0 radical (unpaired) electrons. The van der Waals surface area contributed by atoms with Crippen molar-refractivity contribution >= 4 is 33.7 Å². The topological polar surface area (TPSA) is 63.5 Å². The van der Waals surface area contributed by atoms with Crippen LogP contribution >= 0.6 is 11.6 Å². The molecule has 1 heterocycles. The molecule has 3 atom stereocenters. The Hall–Kier alpha value is -2.93. The minimum Gasteiger partial charge on any atom is -0.466 e. The largest absolute Gasteiger partial charge is 0.466 e. The molecular weight excluding hydrogens is 446 g/mol. The normalized spacial score (nSPS) is 20.6. The first kappa shape index (κ1) is 22.3. The van der Waals surface area contributed by atoms with Crippen LogP contribution in [0.2, 0.25) is 5.02 Å². The van der Waals surface area contributed by atoms with Crippen LogP contribution < -0.4 is 0 Å². The lowest BCUT2D eigenvalue weighted by molar-refractivity contribution is -0.136. The van der Waals surface area contributed by atoms with Crippen molar-refractivity contribution in [3.8, 4) is 0 Å². The predicted molar refractivity (Wildman–Crippen MR) is 125 cm³/mol. The number of rotatable bonds is 6. The first-order chi connectivity index (χ1) is 15.3. The summed E-state index contributed by atoms with van der Waals surface area (Å²) in [4.78, 5) is 12.9. The van der Waals surface area contributed by atoms with Gasteiger partial charge < -0.3 is 4.74 Å². The summed E-state index contributed by atoms with van der Waals surface area (Å²) in [5, 5.41) is 0.438. The van der Waals surface area contributed by atoms with Crippen LogP contribution in [-0.2, 0) is 19.6 Å². The van der Waals surface area contributed by atoms with Crippen molar-refractivity contribution in [2.75, 3.05) is 7.11 Å². The number of hydrogen-bond acceptors (Lipinski definition) is 4. The molecule has 32 heavy (non-hydrogen) atoms. The second-order valence-corrected chi connectivity index (χ2v) is 9.81. The van der Waals surface area contributed by atoms with Gasteiger partial charge in [0.25, 0.3) is 0 Å². The third kappa shape index (κ3) is 4.21. The fourth-order valence-corrected chi connectivity index (χ4v) is 5.76. The number of carbonyl (C=O) groups is 1. The van der Waals surface area contributed by atoms with Gasteiger partial charge in [-0.2, -0.15) is 4.31 Å². The lowest BCUT2D eigenvalue weighted by Gasteiger charge is -2.09. The Morgan fingerprint density at radius 2 is 1.59 bits per heavy atom. The molecule has 5 nitrogen and oxygen atoms in total. The maximum absolute atomic E-state index is 13.6. The van der Waals surface area contributed by atoms with Gasteiger partial charge in [0.05, 0.1) is 29.7 Å². The van der Waals surface area contributed by atoms with Crippen LogP contribution in [0.25, 0.3) is 6.08 Å². The van der Waals surface area contributed by atoms with Crippen molar-refractivity contribution in [3.05, 3.63) is 106 Å². The van der Waals surface area contributed by atoms with Crippen LogP contribution in [-0.4, -0.2) is 31.8 Å². The quantitative estimate of drug-likeness (QED) is 0.290. The van der Waals surface area contributed by atoms with Gasteiger partial charge in [0.2, 0.25) is 10.0 Å². The minimum absolute atomic E-state index is 0.159. The van der Waals surface area contributed by atoms with Crippen molar-refractivity contribution in [2.45, 2.75) is 23.9 Å². The molecule has 0 spiro atoms. The number of methoxy groups -OCH3 is 1. The average Bonchev–Trinajstić information content (AvgIpc) is 3.54. The molecule has 1 aliphatic rings. The van der Waals surface area contributed by atoms with E-state index < -0.39 is 28.1 Å². The van der Waals surface area contributed by atoms with E-state index in [9.17, 15) is 13.2 Å². The van der Waals surface area contributed by atoms with Gasteiger partial charge in [0.15, 0.2) is 0 Å². The molecule has 0 saturated carbocycles. The van der Waals surface area contributed by atoms with Crippen molar-refractivity contribution in [2.24, 2.45) is 0 Å². The Balaban J connectivity index is 1.85. The standard InChI is InChI=1S/C25H22ClNO4S/c1-17-12-14-19(15-13-17)32(29,30)27-23(20-10-6-7-11-22(20)26)24(27)21(25(28)31-2)16-18-8-4-3-5-9-18/h3-16,23-24H,1-2H3/b21-16+. The highest BCUT2D eigenvalue weighted by Crippen LogP contribution is 2.53. The second-order valence-electron chi connectivity index (χ2n) is 7.56. The molecule has 7 heteroatoms. The summed E-state index contributed by atoms with van der Waals surface area (Å²) < 4.78 is 33.5. The molecule has 0 aromatic heterocycles. The maximum atomic E-state index is 13.6. The van der Waals surface area contributed by atoms with Crippen molar-refractivity contribution in [3.63, 3.8) is 0 Å². The van der Waals surface area contributed by atoms with E-state index in [1.165, 1.54) is 11.4 Å². The SMILES string of the molecule is COC(=O)/C(=C/c1ccccc1)C1C(c2ccccc2Cl)N1S(=O)(=O)c1ccc(C)cc1. The Bertz CT molecular complexity index is 1270. The summed E-state index contributed by atoms with van der Waals surface area (Å²) in [6, 6.07) is 21.6. The number of ether oxygens (including phenoxy) is 1. The van der Waals surface area contributed by atoms with Gasteiger partial charge in [-0.3, -0.25) is 0 Å². The Morgan fingerprint density at radius 1 is 0.969 bits per heavy atom. The molecule has 1 fully saturated rings.